The van der Waals surface area contributed by atoms with Gasteiger partial charge in [0, 0.05) is 33.0 Å². The monoisotopic (exact) mass is 323 g/mol. The quantitative estimate of drug-likeness (QED) is 0.917. The number of hydrogen-bond donors (Lipinski definition) is 1. The number of amides is 1. The van der Waals surface area contributed by atoms with Gasteiger partial charge in [0.15, 0.2) is 0 Å². The maximum Gasteiger partial charge on any atom is 0.257 e. The van der Waals surface area contributed by atoms with Crippen LogP contribution in [0.1, 0.15) is 41.8 Å². The van der Waals surface area contributed by atoms with Crippen molar-refractivity contribution in [2.24, 2.45) is 0 Å². The fourth-order valence-corrected chi connectivity index (χ4v) is 3.80. The number of carbonyl (C=O) groups excluding carboxylic acids is 1. The Kier molecular flexibility index (Phi) is 4.49. The largest absolute Gasteiger partial charge is 0.469 e. The van der Waals surface area contributed by atoms with Gasteiger partial charge in [0.25, 0.3) is 5.91 Å². The van der Waals surface area contributed by atoms with Crippen molar-refractivity contribution in [1.82, 2.24) is 4.90 Å². The molecular formula is C17H25NO5. The van der Waals surface area contributed by atoms with Crippen molar-refractivity contribution >= 4 is 5.91 Å². The summed E-state index contributed by atoms with van der Waals surface area (Å²) in [7, 11) is 1.61. The van der Waals surface area contributed by atoms with E-state index in [4.69, 9.17) is 13.9 Å². The fraction of sp³-hybridized carbons (Fsp3) is 0.706. The molecular weight excluding hydrogens is 298 g/mol. The minimum atomic E-state index is -0.819. The first-order chi connectivity index (χ1) is 11.0. The predicted molar refractivity (Wildman–Crippen MR) is 83.3 cm³/mol. The van der Waals surface area contributed by atoms with Crippen molar-refractivity contribution in [2.45, 2.75) is 43.8 Å². The number of furan rings is 1. The van der Waals surface area contributed by atoms with Crippen molar-refractivity contribution in [3.05, 3.63) is 23.7 Å². The molecule has 1 spiro atoms. The highest BCUT2D eigenvalue weighted by Gasteiger charge is 2.47. The van der Waals surface area contributed by atoms with Crippen LogP contribution in [0.15, 0.2) is 16.7 Å². The molecule has 1 aromatic heterocycles. The van der Waals surface area contributed by atoms with Crippen LogP contribution in [0.2, 0.25) is 0 Å². The summed E-state index contributed by atoms with van der Waals surface area (Å²) in [5.74, 6) is 0.660. The molecule has 6 nitrogen and oxygen atoms in total. The van der Waals surface area contributed by atoms with E-state index in [9.17, 15) is 9.90 Å². The number of nitrogens with zero attached hydrogens (tertiary/aromatic N) is 1. The summed E-state index contributed by atoms with van der Waals surface area (Å²) in [4.78, 5) is 14.4. The van der Waals surface area contributed by atoms with Crippen molar-refractivity contribution in [2.75, 3.05) is 33.4 Å². The number of aryl methyl sites for hydroxylation is 1. The third-order valence-corrected chi connectivity index (χ3v) is 5.09. The molecule has 23 heavy (non-hydrogen) atoms. The predicted octanol–water partition coefficient (Wildman–Crippen LogP) is 1.75. The van der Waals surface area contributed by atoms with Crippen molar-refractivity contribution in [3.8, 4) is 0 Å². The van der Waals surface area contributed by atoms with Crippen LogP contribution in [0.4, 0.5) is 0 Å². The topological polar surface area (TPSA) is 72.1 Å². The van der Waals surface area contributed by atoms with Crippen LogP contribution in [0.3, 0.4) is 0 Å². The second kappa shape index (κ2) is 6.26. The maximum absolute atomic E-state index is 12.5. The second-order valence-electron chi connectivity index (χ2n) is 6.80. The molecule has 0 aliphatic carbocycles. The van der Waals surface area contributed by atoms with E-state index in [0.717, 1.165) is 12.8 Å². The van der Waals surface area contributed by atoms with Gasteiger partial charge in [0.05, 0.1) is 36.2 Å². The Morgan fingerprint density at radius 2 is 2.13 bits per heavy atom. The van der Waals surface area contributed by atoms with Gasteiger partial charge in [-0.2, -0.15) is 0 Å². The number of aliphatic hydroxyl groups is 1. The van der Waals surface area contributed by atoms with Crippen LogP contribution in [0, 0.1) is 6.92 Å². The molecule has 2 aliphatic rings. The van der Waals surface area contributed by atoms with E-state index in [1.807, 2.05) is 4.90 Å². The Bertz CT molecular complexity index is 557. The van der Waals surface area contributed by atoms with Gasteiger partial charge in [-0.3, -0.25) is 4.79 Å². The summed E-state index contributed by atoms with van der Waals surface area (Å²) >= 11 is 0. The van der Waals surface area contributed by atoms with Gasteiger partial charge < -0.3 is 23.9 Å². The van der Waals surface area contributed by atoms with E-state index in [2.05, 4.69) is 0 Å². The highest BCUT2D eigenvalue weighted by atomic mass is 16.5. The lowest BCUT2D eigenvalue weighted by molar-refractivity contribution is -0.189. The first kappa shape index (κ1) is 16.5. The SMILES string of the molecule is COCC1(O)CCOC2(CCN(C(=O)c3ccoc3C)CC2)C1. The van der Waals surface area contributed by atoms with E-state index in [1.165, 1.54) is 0 Å². The molecule has 3 rings (SSSR count). The first-order valence-corrected chi connectivity index (χ1v) is 8.16. The summed E-state index contributed by atoms with van der Waals surface area (Å²) < 4.78 is 16.4. The highest BCUT2D eigenvalue weighted by molar-refractivity contribution is 5.95. The number of methoxy groups -OCH3 is 1. The highest BCUT2D eigenvalue weighted by Crippen LogP contribution is 2.40. The van der Waals surface area contributed by atoms with Crippen LogP contribution < -0.4 is 0 Å². The van der Waals surface area contributed by atoms with Gasteiger partial charge in [-0.1, -0.05) is 0 Å². The molecule has 6 heteroatoms. The zero-order valence-corrected chi connectivity index (χ0v) is 13.8. The Hall–Kier alpha value is -1.37. The number of rotatable bonds is 3. The van der Waals surface area contributed by atoms with Gasteiger partial charge in [0.2, 0.25) is 0 Å². The summed E-state index contributed by atoms with van der Waals surface area (Å²) in [6.45, 7) is 3.93. The number of hydrogen-bond acceptors (Lipinski definition) is 5. The van der Waals surface area contributed by atoms with Gasteiger partial charge in [-0.05, 0) is 25.8 Å². The Morgan fingerprint density at radius 1 is 1.39 bits per heavy atom. The minimum Gasteiger partial charge on any atom is -0.469 e. The maximum atomic E-state index is 12.5. The van der Waals surface area contributed by atoms with Gasteiger partial charge in [0.1, 0.15) is 5.76 Å². The van der Waals surface area contributed by atoms with Crippen molar-refractivity contribution < 1.29 is 23.8 Å². The third-order valence-electron chi connectivity index (χ3n) is 5.09. The lowest BCUT2D eigenvalue weighted by Gasteiger charge is -2.48. The Labute approximate surface area is 136 Å². The van der Waals surface area contributed by atoms with Crippen LogP contribution in [-0.4, -0.2) is 60.5 Å². The first-order valence-electron chi connectivity index (χ1n) is 8.16. The molecule has 0 bridgehead atoms. The molecule has 0 radical (unpaired) electrons. The number of carbonyl (C=O) groups is 1. The average Bonchev–Trinajstić information content (AvgIpc) is 2.93. The summed E-state index contributed by atoms with van der Waals surface area (Å²) in [5.41, 5.74) is -0.532. The molecule has 128 valence electrons. The molecule has 0 aromatic carbocycles. The zero-order valence-electron chi connectivity index (χ0n) is 13.8. The average molecular weight is 323 g/mol. The van der Waals surface area contributed by atoms with Crippen molar-refractivity contribution in [3.63, 3.8) is 0 Å². The summed E-state index contributed by atoms with van der Waals surface area (Å²) in [6.07, 6.45) is 4.19. The Balaban J connectivity index is 1.64. The molecule has 2 saturated heterocycles. The molecule has 0 saturated carbocycles. The lowest BCUT2D eigenvalue weighted by Crippen LogP contribution is -2.56. The normalized spacial score (nSPS) is 27.3. The van der Waals surface area contributed by atoms with E-state index < -0.39 is 5.60 Å². The van der Waals surface area contributed by atoms with Crippen molar-refractivity contribution in [1.29, 1.82) is 0 Å². The molecule has 1 atom stereocenters. The molecule has 1 unspecified atom stereocenters. The third kappa shape index (κ3) is 3.29. The summed E-state index contributed by atoms with van der Waals surface area (Å²) in [5, 5.41) is 10.7. The smallest absolute Gasteiger partial charge is 0.257 e. The van der Waals surface area contributed by atoms with Crippen LogP contribution in [-0.2, 0) is 9.47 Å². The van der Waals surface area contributed by atoms with E-state index in [-0.39, 0.29) is 11.5 Å². The van der Waals surface area contributed by atoms with E-state index >= 15 is 0 Å². The minimum absolute atomic E-state index is 0.00839. The zero-order chi connectivity index (χ0) is 16.5. The number of likely N-dealkylation sites (tertiary alicyclic amines) is 1. The van der Waals surface area contributed by atoms with Crippen LogP contribution in [0.5, 0.6) is 0 Å². The summed E-state index contributed by atoms with van der Waals surface area (Å²) in [6, 6.07) is 1.72. The fourth-order valence-electron chi connectivity index (χ4n) is 3.80. The Morgan fingerprint density at radius 3 is 2.74 bits per heavy atom. The molecule has 1 N–H and O–H groups in total. The number of piperidine rings is 1. The van der Waals surface area contributed by atoms with Crippen LogP contribution >= 0.6 is 0 Å². The van der Waals surface area contributed by atoms with E-state index in [0.29, 0.717) is 50.5 Å². The molecule has 1 aromatic rings. The van der Waals surface area contributed by atoms with E-state index in [1.54, 1.807) is 26.4 Å². The standard InChI is InChI=1S/C17H25NO5/c1-13-14(3-9-22-13)15(19)18-7-4-17(5-8-18)11-16(20,12-21-2)6-10-23-17/h3,9,20H,4-8,10-12H2,1-2H3. The molecule has 2 fully saturated rings. The molecule has 2 aliphatic heterocycles. The number of ether oxygens (including phenoxy) is 2. The van der Waals surface area contributed by atoms with Crippen LogP contribution in [0.25, 0.3) is 0 Å². The second-order valence-corrected chi connectivity index (χ2v) is 6.80. The van der Waals surface area contributed by atoms with Gasteiger partial charge >= 0.3 is 0 Å². The lowest BCUT2D eigenvalue weighted by atomic mass is 9.77. The molecule has 1 amide bonds. The van der Waals surface area contributed by atoms with Gasteiger partial charge in [-0.25, -0.2) is 0 Å². The van der Waals surface area contributed by atoms with Gasteiger partial charge in [-0.15, -0.1) is 0 Å². The molecule has 3 heterocycles.